The molecule has 3 heterocycles. The first-order valence-electron chi connectivity index (χ1n) is 8.99. The second kappa shape index (κ2) is 7.72. The summed E-state index contributed by atoms with van der Waals surface area (Å²) in [4.78, 5) is 10.9. The molecule has 0 bridgehead atoms. The van der Waals surface area contributed by atoms with Crippen LogP contribution < -0.4 is 9.64 Å². The lowest BCUT2D eigenvalue weighted by Crippen LogP contribution is -2.36. The first-order chi connectivity index (χ1) is 12.3. The van der Waals surface area contributed by atoms with Crippen molar-refractivity contribution in [3.05, 3.63) is 40.9 Å². The van der Waals surface area contributed by atoms with Crippen LogP contribution in [-0.4, -0.2) is 49.8 Å². The average molecular weight is 359 g/mol. The largest absolute Gasteiger partial charge is 0.497 e. The summed E-state index contributed by atoms with van der Waals surface area (Å²) in [5, 5.41) is 1.13. The number of hydrogen-bond donors (Lipinski definition) is 0. The Bertz CT molecular complexity index is 699. The molecular weight excluding hydrogens is 334 g/mol. The Kier molecular flexibility index (Phi) is 5.20. The van der Waals surface area contributed by atoms with E-state index in [1.807, 2.05) is 17.4 Å². The normalized spacial score (nSPS) is 21.6. The Hall–Kier alpha value is -1.63. The molecule has 0 radical (unpaired) electrons. The van der Waals surface area contributed by atoms with Gasteiger partial charge >= 0.3 is 0 Å². The van der Waals surface area contributed by atoms with Gasteiger partial charge in [0.1, 0.15) is 5.75 Å². The van der Waals surface area contributed by atoms with E-state index in [9.17, 15) is 0 Å². The Labute approximate surface area is 153 Å². The molecule has 1 aromatic carbocycles. The lowest BCUT2D eigenvalue weighted by Gasteiger charge is -2.26. The Morgan fingerprint density at radius 2 is 2.16 bits per heavy atom. The van der Waals surface area contributed by atoms with Gasteiger partial charge in [-0.05, 0) is 37.1 Å². The van der Waals surface area contributed by atoms with Crippen molar-refractivity contribution in [3.63, 3.8) is 0 Å². The molecule has 25 heavy (non-hydrogen) atoms. The van der Waals surface area contributed by atoms with Gasteiger partial charge in [-0.1, -0.05) is 12.1 Å². The minimum Gasteiger partial charge on any atom is -0.497 e. The van der Waals surface area contributed by atoms with Gasteiger partial charge in [-0.3, -0.25) is 4.90 Å². The molecule has 1 aromatic heterocycles. The van der Waals surface area contributed by atoms with Crippen LogP contribution in [0.5, 0.6) is 5.75 Å². The van der Waals surface area contributed by atoms with E-state index in [2.05, 4.69) is 39.2 Å². The smallest absolute Gasteiger partial charge is 0.185 e. The molecule has 4 rings (SSSR count). The summed E-state index contributed by atoms with van der Waals surface area (Å²) in [6.07, 6.45) is 4.51. The summed E-state index contributed by atoms with van der Waals surface area (Å²) in [6, 6.07) is 8.98. The molecule has 0 saturated carbocycles. The first-order valence-corrected chi connectivity index (χ1v) is 9.80. The van der Waals surface area contributed by atoms with E-state index < -0.39 is 0 Å². The van der Waals surface area contributed by atoms with Gasteiger partial charge in [0.25, 0.3) is 0 Å². The number of morpholine rings is 1. The predicted molar refractivity (Wildman–Crippen MR) is 101 cm³/mol. The van der Waals surface area contributed by atoms with Crippen LogP contribution >= 0.6 is 11.3 Å². The van der Waals surface area contributed by atoms with E-state index in [1.54, 1.807) is 7.11 Å². The molecule has 2 aromatic rings. The van der Waals surface area contributed by atoms with Crippen LogP contribution in [0.2, 0.25) is 0 Å². The average Bonchev–Trinajstić information content (AvgIpc) is 3.32. The summed E-state index contributed by atoms with van der Waals surface area (Å²) in [5.41, 5.74) is 1.36. The maximum absolute atomic E-state index is 5.43. The van der Waals surface area contributed by atoms with Crippen LogP contribution in [-0.2, 0) is 11.3 Å². The zero-order chi connectivity index (χ0) is 17.1. The first kappa shape index (κ1) is 16.8. The van der Waals surface area contributed by atoms with E-state index in [0.29, 0.717) is 6.04 Å². The number of hydrogen-bond acceptors (Lipinski definition) is 6. The molecule has 5 nitrogen and oxygen atoms in total. The molecule has 2 aliphatic rings. The number of benzene rings is 1. The highest BCUT2D eigenvalue weighted by Gasteiger charge is 2.27. The van der Waals surface area contributed by atoms with Crippen molar-refractivity contribution in [1.82, 2.24) is 9.88 Å². The van der Waals surface area contributed by atoms with Crippen molar-refractivity contribution in [1.29, 1.82) is 0 Å². The van der Waals surface area contributed by atoms with E-state index in [-0.39, 0.29) is 0 Å². The minimum absolute atomic E-state index is 0.476. The zero-order valence-corrected chi connectivity index (χ0v) is 15.5. The molecule has 134 valence electrons. The number of methoxy groups -OCH3 is 1. The number of rotatable bonds is 5. The number of ether oxygens (including phenoxy) is 2. The van der Waals surface area contributed by atoms with Gasteiger partial charge < -0.3 is 14.4 Å². The van der Waals surface area contributed by atoms with Gasteiger partial charge in [-0.25, -0.2) is 4.98 Å². The third kappa shape index (κ3) is 3.81. The van der Waals surface area contributed by atoms with Crippen LogP contribution in [0.25, 0.3) is 0 Å². The second-order valence-corrected chi connectivity index (χ2v) is 7.71. The Morgan fingerprint density at radius 3 is 3.00 bits per heavy atom. The molecule has 6 heteroatoms. The van der Waals surface area contributed by atoms with E-state index in [0.717, 1.165) is 50.3 Å². The fourth-order valence-corrected chi connectivity index (χ4v) is 4.70. The fraction of sp³-hybridized carbons (Fsp3) is 0.526. The molecule has 0 aliphatic carbocycles. The maximum Gasteiger partial charge on any atom is 0.185 e. The van der Waals surface area contributed by atoms with Crippen LogP contribution in [0.4, 0.5) is 5.13 Å². The third-order valence-corrected chi connectivity index (χ3v) is 6.07. The molecule has 2 saturated heterocycles. The van der Waals surface area contributed by atoms with Crippen LogP contribution in [0, 0.1) is 0 Å². The van der Waals surface area contributed by atoms with Crippen molar-refractivity contribution in [2.24, 2.45) is 0 Å². The van der Waals surface area contributed by atoms with E-state index in [1.165, 1.54) is 23.3 Å². The molecule has 0 N–H and O–H groups in total. The molecule has 2 fully saturated rings. The summed E-state index contributed by atoms with van der Waals surface area (Å²) in [6.45, 7) is 5.63. The van der Waals surface area contributed by atoms with Gasteiger partial charge in [-0.15, -0.1) is 11.3 Å². The summed E-state index contributed by atoms with van der Waals surface area (Å²) in [5.74, 6) is 0.941. The van der Waals surface area contributed by atoms with E-state index >= 15 is 0 Å². The highest BCUT2D eigenvalue weighted by atomic mass is 32.1. The zero-order valence-electron chi connectivity index (χ0n) is 14.7. The highest BCUT2D eigenvalue weighted by molar-refractivity contribution is 7.15. The summed E-state index contributed by atoms with van der Waals surface area (Å²) in [7, 11) is 1.73. The lowest BCUT2D eigenvalue weighted by molar-refractivity contribution is 0.122. The summed E-state index contributed by atoms with van der Waals surface area (Å²) < 4.78 is 10.8. The number of thiazole rings is 1. The van der Waals surface area contributed by atoms with E-state index in [4.69, 9.17) is 9.47 Å². The Balaban J connectivity index is 1.45. The van der Waals surface area contributed by atoms with Crippen molar-refractivity contribution < 1.29 is 9.47 Å². The topological polar surface area (TPSA) is 37.8 Å². The second-order valence-electron chi connectivity index (χ2n) is 6.61. The molecule has 0 unspecified atom stereocenters. The summed E-state index contributed by atoms with van der Waals surface area (Å²) >= 11 is 1.82. The molecule has 0 spiro atoms. The van der Waals surface area contributed by atoms with Crippen LogP contribution in [0.3, 0.4) is 0 Å². The van der Waals surface area contributed by atoms with Gasteiger partial charge in [-0.2, -0.15) is 0 Å². The van der Waals surface area contributed by atoms with Gasteiger partial charge in [0.05, 0.1) is 20.3 Å². The highest BCUT2D eigenvalue weighted by Crippen LogP contribution is 2.35. The minimum atomic E-state index is 0.476. The maximum atomic E-state index is 5.43. The molecule has 2 aliphatic heterocycles. The fourth-order valence-electron chi connectivity index (χ4n) is 3.71. The van der Waals surface area contributed by atoms with Crippen LogP contribution in [0.1, 0.15) is 29.3 Å². The van der Waals surface area contributed by atoms with Crippen molar-refractivity contribution in [2.75, 3.05) is 44.9 Å². The monoisotopic (exact) mass is 359 g/mol. The third-order valence-electron chi connectivity index (χ3n) is 5.02. The van der Waals surface area contributed by atoms with Crippen LogP contribution in [0.15, 0.2) is 30.5 Å². The SMILES string of the molecule is COc1cccc([C@H]2CCCN2Cc2cnc(N3CCOCC3)s2)c1. The molecular formula is C19H25N3O2S. The molecule has 1 atom stereocenters. The van der Waals surface area contributed by atoms with Crippen molar-refractivity contribution in [2.45, 2.75) is 25.4 Å². The van der Waals surface area contributed by atoms with Crippen molar-refractivity contribution >= 4 is 16.5 Å². The van der Waals surface area contributed by atoms with Gasteiger partial charge in [0.15, 0.2) is 5.13 Å². The van der Waals surface area contributed by atoms with Crippen molar-refractivity contribution in [3.8, 4) is 5.75 Å². The standard InChI is InChI=1S/C19H25N3O2S/c1-23-16-5-2-4-15(12-16)18-6-3-7-22(18)14-17-13-20-19(25-17)21-8-10-24-11-9-21/h2,4-5,12-13,18H,3,6-11,14H2,1H3/t18-/m1/s1. The lowest BCUT2D eigenvalue weighted by atomic mass is 10.0. The number of likely N-dealkylation sites (tertiary alicyclic amines) is 1. The van der Waals surface area contributed by atoms with Gasteiger partial charge in [0, 0.05) is 36.8 Å². The molecule has 0 amide bonds. The number of aromatic nitrogens is 1. The predicted octanol–water partition coefficient (Wildman–Crippen LogP) is 3.33. The quantitative estimate of drug-likeness (QED) is 0.819. The number of nitrogens with zero attached hydrogens (tertiary/aromatic N) is 3. The van der Waals surface area contributed by atoms with Gasteiger partial charge in [0.2, 0.25) is 0 Å². The number of anilines is 1. The Morgan fingerprint density at radius 1 is 1.28 bits per heavy atom.